The van der Waals surface area contributed by atoms with Crippen LogP contribution in [0.2, 0.25) is 0 Å². The molecule has 0 unspecified atom stereocenters. The van der Waals surface area contributed by atoms with Crippen LogP contribution in [0, 0.1) is 19.3 Å². The minimum Gasteiger partial charge on any atom is -0.494 e. The zero-order valence-corrected chi connectivity index (χ0v) is 30.6. The third-order valence-corrected chi connectivity index (χ3v) is 11.9. The number of nitrogens with zero attached hydrogens (tertiary/aromatic N) is 5. The lowest BCUT2D eigenvalue weighted by atomic mass is 9.66. The maximum absolute atomic E-state index is 14.4. The summed E-state index contributed by atoms with van der Waals surface area (Å²) >= 11 is 0. The number of hydrogen-bond donors (Lipinski definition) is 0. The number of ether oxygens (including phenoxy) is 2. The average molecular weight is 696 g/mol. The number of hydrogen-bond acceptors (Lipinski definition) is 8. The third kappa shape index (κ3) is 6.40. The molecule has 3 aromatic carbocycles. The number of carbonyl (C=O) groups is 1. The van der Waals surface area contributed by atoms with Gasteiger partial charge in [-0.05, 0) is 84.8 Å². The highest BCUT2D eigenvalue weighted by molar-refractivity contribution is 7.89. The van der Waals surface area contributed by atoms with Crippen molar-refractivity contribution >= 4 is 26.8 Å². The van der Waals surface area contributed by atoms with Crippen LogP contribution in [-0.2, 0) is 34.3 Å². The minimum absolute atomic E-state index is 0.0444. The molecule has 0 saturated heterocycles. The van der Waals surface area contributed by atoms with E-state index in [0.29, 0.717) is 30.0 Å². The van der Waals surface area contributed by atoms with Gasteiger partial charge in [-0.2, -0.15) is 4.31 Å². The Bertz CT molecular complexity index is 2150. The van der Waals surface area contributed by atoms with Gasteiger partial charge in [-0.3, -0.25) is 9.78 Å². The molecular weight excluding hydrogens is 651 g/mol. The summed E-state index contributed by atoms with van der Waals surface area (Å²) in [6.45, 7) is 13.0. The lowest BCUT2D eigenvalue weighted by Crippen LogP contribution is -2.37. The van der Waals surface area contributed by atoms with Crippen LogP contribution in [0.3, 0.4) is 0 Å². The predicted octanol–water partition coefficient (Wildman–Crippen LogP) is 6.80. The number of carbonyl (C=O) groups excluding carboxylic acids is 1. The predicted molar refractivity (Wildman–Crippen MR) is 193 cm³/mol. The summed E-state index contributed by atoms with van der Waals surface area (Å²) in [4.78, 5) is 18.8. The molecule has 0 radical (unpaired) electrons. The fourth-order valence-electron chi connectivity index (χ4n) is 7.04. The van der Waals surface area contributed by atoms with Gasteiger partial charge in [-0.25, -0.2) is 13.1 Å². The van der Waals surface area contributed by atoms with Crippen LogP contribution in [0.15, 0.2) is 78.0 Å². The molecule has 1 aliphatic heterocycles. The Morgan fingerprint density at radius 2 is 1.86 bits per heavy atom. The van der Waals surface area contributed by atoms with Crippen LogP contribution in [0.1, 0.15) is 73.4 Å². The Morgan fingerprint density at radius 3 is 2.56 bits per heavy atom. The first-order valence-electron chi connectivity index (χ1n) is 17.1. The SMILES string of the molecule is CC[C@@H]1CN(Cc2cc([C@H](c3cc(OC)c4c(nnn4CC)c3C)C(C)(C)C(=O)Cc3cccnc3)ccc2C)S(=O)(=O)c2ccccc2O1. The molecule has 2 atom stereocenters. The number of pyridine rings is 1. The van der Waals surface area contributed by atoms with Crippen LogP contribution >= 0.6 is 0 Å². The van der Waals surface area contributed by atoms with E-state index in [2.05, 4.69) is 21.4 Å². The molecule has 0 saturated carbocycles. The van der Waals surface area contributed by atoms with Gasteiger partial charge in [0.15, 0.2) is 0 Å². The molecule has 2 aromatic heterocycles. The quantitative estimate of drug-likeness (QED) is 0.148. The van der Waals surface area contributed by atoms with Crippen molar-refractivity contribution in [2.45, 2.75) is 84.4 Å². The molecule has 1 aliphatic rings. The largest absolute Gasteiger partial charge is 0.494 e. The molecule has 0 amide bonds. The van der Waals surface area contributed by atoms with Crippen molar-refractivity contribution in [2.24, 2.45) is 5.41 Å². The Hall–Kier alpha value is -4.61. The number of ketones is 1. The maximum atomic E-state index is 14.4. The van der Waals surface area contributed by atoms with E-state index < -0.39 is 21.4 Å². The van der Waals surface area contributed by atoms with Gasteiger partial charge in [0, 0.05) is 43.2 Å². The number of fused-ring (bicyclic) bond motifs is 2. The second-order valence-corrected chi connectivity index (χ2v) is 15.5. The van der Waals surface area contributed by atoms with E-state index in [-0.39, 0.29) is 36.3 Å². The first kappa shape index (κ1) is 35.2. The van der Waals surface area contributed by atoms with Gasteiger partial charge >= 0.3 is 0 Å². The Labute approximate surface area is 294 Å². The first-order chi connectivity index (χ1) is 23.9. The lowest BCUT2D eigenvalue weighted by Gasteiger charge is -2.36. The van der Waals surface area contributed by atoms with Crippen LogP contribution in [-0.4, -0.2) is 58.2 Å². The lowest BCUT2D eigenvalue weighted by molar-refractivity contribution is -0.127. The number of benzene rings is 3. The summed E-state index contributed by atoms with van der Waals surface area (Å²) in [5.74, 6) is 0.605. The number of aryl methyl sites for hydroxylation is 3. The summed E-state index contributed by atoms with van der Waals surface area (Å²) < 4.78 is 43.6. The molecule has 0 fully saturated rings. The summed E-state index contributed by atoms with van der Waals surface area (Å²) in [5.41, 5.74) is 5.93. The Balaban J connectivity index is 1.50. The Kier molecular flexibility index (Phi) is 9.83. The average Bonchev–Trinajstić information content (AvgIpc) is 3.51. The molecule has 6 rings (SSSR count). The van der Waals surface area contributed by atoms with E-state index in [0.717, 1.165) is 38.9 Å². The van der Waals surface area contributed by atoms with Gasteiger partial charge in [0.25, 0.3) is 0 Å². The highest BCUT2D eigenvalue weighted by Crippen LogP contribution is 2.47. The molecule has 5 aromatic rings. The van der Waals surface area contributed by atoms with Crippen molar-refractivity contribution in [1.82, 2.24) is 24.3 Å². The number of methoxy groups -OCH3 is 1. The molecule has 11 heteroatoms. The Morgan fingerprint density at radius 1 is 1.08 bits per heavy atom. The van der Waals surface area contributed by atoms with Crippen molar-refractivity contribution in [3.63, 3.8) is 0 Å². The summed E-state index contributed by atoms with van der Waals surface area (Å²) in [7, 11) is -2.23. The highest BCUT2D eigenvalue weighted by atomic mass is 32.2. The van der Waals surface area contributed by atoms with E-state index in [4.69, 9.17) is 9.47 Å². The summed E-state index contributed by atoms with van der Waals surface area (Å²) in [5, 5.41) is 8.94. The second kappa shape index (κ2) is 14.0. The first-order valence-corrected chi connectivity index (χ1v) is 18.5. The van der Waals surface area contributed by atoms with E-state index >= 15 is 0 Å². The zero-order chi connectivity index (χ0) is 35.8. The molecule has 0 spiro atoms. The fraction of sp³-hybridized carbons (Fsp3) is 0.385. The van der Waals surface area contributed by atoms with Gasteiger partial charge in [-0.1, -0.05) is 62.4 Å². The number of para-hydroxylation sites is 1. The van der Waals surface area contributed by atoms with Gasteiger partial charge in [0.2, 0.25) is 10.0 Å². The second-order valence-electron chi connectivity index (χ2n) is 13.6. The van der Waals surface area contributed by atoms with Crippen LogP contribution in [0.25, 0.3) is 11.0 Å². The highest BCUT2D eigenvalue weighted by Gasteiger charge is 2.41. The standard InChI is InChI=1S/C39H45N5O5S/c1-8-30-24-43(50(46,47)34-15-11-10-14-32(34)49-30)23-29-20-28(17-16-25(29)3)36(39(5,6)35(45)19-27-13-12-18-40-22-27)31-21-33(48-7)38-37(26(31)4)41-42-44(38)9-2/h10-18,20-22,30,36H,8-9,19,23-24H2,1-7H3/t30-,36-/m1/s1. The number of Topliss-reactive ketones (excluding diaryl/α,β-unsaturated/α-hetero) is 1. The molecule has 0 bridgehead atoms. The smallest absolute Gasteiger partial charge is 0.247 e. The topological polar surface area (TPSA) is 117 Å². The van der Waals surface area contributed by atoms with Crippen molar-refractivity contribution in [3.8, 4) is 11.5 Å². The van der Waals surface area contributed by atoms with Gasteiger partial charge in [0.05, 0.1) is 13.7 Å². The molecule has 0 N–H and O–H groups in total. The summed E-state index contributed by atoms with van der Waals surface area (Å²) in [6.07, 6.45) is 3.99. The fourth-order valence-corrected chi connectivity index (χ4v) is 8.61. The van der Waals surface area contributed by atoms with E-state index in [1.807, 2.05) is 76.6 Å². The monoisotopic (exact) mass is 695 g/mol. The summed E-state index contributed by atoms with van der Waals surface area (Å²) in [6, 6.07) is 18.7. The van der Waals surface area contributed by atoms with Gasteiger partial charge < -0.3 is 9.47 Å². The van der Waals surface area contributed by atoms with E-state index in [1.165, 1.54) is 4.31 Å². The molecular formula is C39H45N5O5S. The normalized spacial score (nSPS) is 16.7. The van der Waals surface area contributed by atoms with Gasteiger partial charge in [-0.15, -0.1) is 5.10 Å². The van der Waals surface area contributed by atoms with Crippen molar-refractivity contribution in [2.75, 3.05) is 13.7 Å². The number of aromatic nitrogens is 4. The maximum Gasteiger partial charge on any atom is 0.247 e. The molecule has 262 valence electrons. The van der Waals surface area contributed by atoms with Crippen molar-refractivity contribution < 1.29 is 22.7 Å². The number of rotatable bonds is 11. The van der Waals surface area contributed by atoms with Crippen LogP contribution < -0.4 is 9.47 Å². The minimum atomic E-state index is -3.87. The number of sulfonamides is 1. The molecule has 50 heavy (non-hydrogen) atoms. The third-order valence-electron chi connectivity index (χ3n) is 10.1. The zero-order valence-electron chi connectivity index (χ0n) is 29.8. The van der Waals surface area contributed by atoms with Crippen molar-refractivity contribution in [1.29, 1.82) is 0 Å². The van der Waals surface area contributed by atoms with Crippen LogP contribution in [0.5, 0.6) is 11.5 Å². The molecule has 3 heterocycles. The van der Waals surface area contributed by atoms with E-state index in [1.54, 1.807) is 43.8 Å². The van der Waals surface area contributed by atoms with Gasteiger partial charge in [0.1, 0.15) is 39.3 Å². The van der Waals surface area contributed by atoms with Crippen LogP contribution in [0.4, 0.5) is 0 Å². The van der Waals surface area contributed by atoms with Crippen molar-refractivity contribution in [3.05, 3.63) is 106 Å². The molecule has 10 nitrogen and oxygen atoms in total. The van der Waals surface area contributed by atoms with E-state index in [9.17, 15) is 13.2 Å². The molecule has 0 aliphatic carbocycles.